The van der Waals surface area contributed by atoms with E-state index in [9.17, 15) is 4.79 Å². The Balaban J connectivity index is 0.00000121. The number of aromatic nitrogens is 1. The molecule has 1 amide bonds. The van der Waals surface area contributed by atoms with Crippen molar-refractivity contribution in [2.45, 2.75) is 19.4 Å². The third kappa shape index (κ3) is 3.79. The first kappa shape index (κ1) is 18.9. The summed E-state index contributed by atoms with van der Waals surface area (Å²) in [6.07, 6.45) is 0.884. The zero-order chi connectivity index (χ0) is 14.1. The van der Waals surface area contributed by atoms with E-state index in [1.54, 1.807) is 0 Å². The minimum Gasteiger partial charge on any atom is -0.336 e. The Kier molecular flexibility index (Phi) is 6.81. The van der Waals surface area contributed by atoms with Gasteiger partial charge in [0.05, 0.1) is 5.69 Å². The maximum atomic E-state index is 12.5. The van der Waals surface area contributed by atoms with Gasteiger partial charge in [-0.2, -0.15) is 0 Å². The number of likely N-dealkylation sites (tertiary alicyclic amines) is 1. The SMILES string of the molecule is Cc1nc(-c2ccccc2)sc1C(=O)N1CC[C@@H](N)C1.Cl.Cl. The number of amides is 1. The molecule has 0 spiro atoms. The number of carbonyl (C=O) groups excluding carboxylic acids is 1. The predicted molar refractivity (Wildman–Crippen MR) is 95.3 cm³/mol. The first-order valence-corrected chi connectivity index (χ1v) is 7.54. The van der Waals surface area contributed by atoms with Crippen molar-refractivity contribution in [1.82, 2.24) is 9.88 Å². The number of aryl methyl sites for hydroxylation is 1. The number of nitrogens with zero attached hydrogens (tertiary/aromatic N) is 2. The first-order valence-electron chi connectivity index (χ1n) is 6.73. The fraction of sp³-hybridized carbons (Fsp3) is 0.333. The normalized spacial score (nSPS) is 16.8. The molecular weight excluding hydrogens is 341 g/mol. The van der Waals surface area contributed by atoms with Crippen molar-refractivity contribution >= 4 is 42.1 Å². The number of nitrogens with two attached hydrogens (primary N) is 1. The highest BCUT2D eigenvalue weighted by Gasteiger charge is 2.27. The van der Waals surface area contributed by atoms with Crippen molar-refractivity contribution in [1.29, 1.82) is 0 Å². The maximum Gasteiger partial charge on any atom is 0.265 e. The van der Waals surface area contributed by atoms with E-state index < -0.39 is 0 Å². The zero-order valence-electron chi connectivity index (χ0n) is 12.2. The molecule has 22 heavy (non-hydrogen) atoms. The summed E-state index contributed by atoms with van der Waals surface area (Å²) in [7, 11) is 0. The van der Waals surface area contributed by atoms with Gasteiger partial charge in [-0.05, 0) is 13.3 Å². The molecular formula is C15H19Cl2N3OS. The molecule has 1 aliphatic heterocycles. The Hall–Kier alpha value is -1.14. The second-order valence-electron chi connectivity index (χ2n) is 5.10. The number of hydrogen-bond donors (Lipinski definition) is 1. The smallest absolute Gasteiger partial charge is 0.265 e. The van der Waals surface area contributed by atoms with Crippen LogP contribution in [0, 0.1) is 6.92 Å². The fourth-order valence-corrected chi connectivity index (χ4v) is 3.45. The van der Waals surface area contributed by atoms with Gasteiger partial charge in [0.15, 0.2) is 0 Å². The lowest BCUT2D eigenvalue weighted by atomic mass is 10.2. The monoisotopic (exact) mass is 359 g/mol. The van der Waals surface area contributed by atoms with Crippen LogP contribution < -0.4 is 5.73 Å². The zero-order valence-corrected chi connectivity index (χ0v) is 14.6. The quantitative estimate of drug-likeness (QED) is 0.895. The number of halogens is 2. The van der Waals surface area contributed by atoms with Gasteiger partial charge in [-0.25, -0.2) is 4.98 Å². The Bertz CT molecular complexity index is 633. The summed E-state index contributed by atoms with van der Waals surface area (Å²) in [5.41, 5.74) is 7.73. The molecule has 1 aromatic heterocycles. The number of hydrogen-bond acceptors (Lipinski definition) is 4. The van der Waals surface area contributed by atoms with E-state index in [1.165, 1.54) is 11.3 Å². The lowest BCUT2D eigenvalue weighted by Gasteiger charge is -2.14. The van der Waals surface area contributed by atoms with Crippen LogP contribution in [0.5, 0.6) is 0 Å². The van der Waals surface area contributed by atoms with E-state index in [-0.39, 0.29) is 36.8 Å². The molecule has 0 unspecified atom stereocenters. The minimum absolute atomic E-state index is 0. The van der Waals surface area contributed by atoms with Gasteiger partial charge in [-0.15, -0.1) is 36.2 Å². The average Bonchev–Trinajstić information content (AvgIpc) is 3.05. The number of benzene rings is 1. The molecule has 0 aliphatic carbocycles. The first-order chi connectivity index (χ1) is 9.65. The number of carbonyl (C=O) groups is 1. The van der Waals surface area contributed by atoms with E-state index in [0.29, 0.717) is 6.54 Å². The minimum atomic E-state index is 0. The highest BCUT2D eigenvalue weighted by atomic mass is 35.5. The molecule has 2 N–H and O–H groups in total. The third-order valence-electron chi connectivity index (χ3n) is 3.52. The Morgan fingerprint density at radius 1 is 1.32 bits per heavy atom. The molecule has 7 heteroatoms. The van der Waals surface area contributed by atoms with Crippen molar-refractivity contribution in [2.24, 2.45) is 5.73 Å². The topological polar surface area (TPSA) is 59.2 Å². The Morgan fingerprint density at radius 3 is 2.59 bits per heavy atom. The van der Waals surface area contributed by atoms with Gasteiger partial charge in [0.1, 0.15) is 9.88 Å². The fourth-order valence-electron chi connectivity index (χ4n) is 2.41. The van der Waals surface area contributed by atoms with E-state index >= 15 is 0 Å². The standard InChI is InChI=1S/C15H17N3OS.2ClH/c1-10-13(15(19)18-8-7-12(16)9-18)20-14(17-10)11-5-3-2-4-6-11;;/h2-6,12H,7-9,16H2,1H3;2*1H/t12-;;/m1../s1. The van der Waals surface area contributed by atoms with E-state index in [2.05, 4.69) is 4.98 Å². The summed E-state index contributed by atoms with van der Waals surface area (Å²) in [6.45, 7) is 3.29. The molecule has 1 atom stereocenters. The van der Waals surface area contributed by atoms with Crippen molar-refractivity contribution in [3.05, 3.63) is 40.9 Å². The van der Waals surface area contributed by atoms with Gasteiger partial charge in [-0.1, -0.05) is 30.3 Å². The summed E-state index contributed by atoms with van der Waals surface area (Å²) < 4.78 is 0. The molecule has 2 aromatic rings. The van der Waals surface area contributed by atoms with Crippen LogP contribution in [0.4, 0.5) is 0 Å². The molecule has 1 fully saturated rings. The highest BCUT2D eigenvalue weighted by Crippen LogP contribution is 2.29. The number of thiazole rings is 1. The van der Waals surface area contributed by atoms with Gasteiger partial charge in [0.2, 0.25) is 0 Å². The summed E-state index contributed by atoms with van der Waals surface area (Å²) in [6, 6.07) is 10.1. The van der Waals surface area contributed by atoms with Crippen molar-refractivity contribution in [3.8, 4) is 10.6 Å². The molecule has 3 rings (SSSR count). The lowest BCUT2D eigenvalue weighted by molar-refractivity contribution is 0.0794. The van der Waals surface area contributed by atoms with Crippen LogP contribution >= 0.6 is 36.2 Å². The number of rotatable bonds is 2. The van der Waals surface area contributed by atoms with Gasteiger partial charge >= 0.3 is 0 Å². The van der Waals surface area contributed by atoms with Crippen LogP contribution in [-0.4, -0.2) is 34.9 Å². The van der Waals surface area contributed by atoms with Gasteiger partial charge < -0.3 is 10.6 Å². The molecule has 0 bridgehead atoms. The summed E-state index contributed by atoms with van der Waals surface area (Å²) in [5, 5.41) is 0.898. The summed E-state index contributed by atoms with van der Waals surface area (Å²) >= 11 is 1.47. The molecule has 4 nitrogen and oxygen atoms in total. The highest BCUT2D eigenvalue weighted by molar-refractivity contribution is 7.17. The van der Waals surface area contributed by atoms with Gasteiger partial charge in [0.25, 0.3) is 5.91 Å². The van der Waals surface area contributed by atoms with Crippen LogP contribution in [0.3, 0.4) is 0 Å². The molecule has 1 aromatic carbocycles. The van der Waals surface area contributed by atoms with Crippen molar-refractivity contribution in [3.63, 3.8) is 0 Å². The molecule has 120 valence electrons. The van der Waals surface area contributed by atoms with Gasteiger partial charge in [-0.3, -0.25) is 4.79 Å². The summed E-state index contributed by atoms with van der Waals surface area (Å²) in [5.74, 6) is 0.0649. The van der Waals surface area contributed by atoms with Gasteiger partial charge in [0, 0.05) is 24.7 Å². The second kappa shape index (κ2) is 7.92. The van der Waals surface area contributed by atoms with E-state index in [4.69, 9.17) is 5.73 Å². The Morgan fingerprint density at radius 2 is 2.00 bits per heavy atom. The molecule has 2 heterocycles. The van der Waals surface area contributed by atoms with Crippen molar-refractivity contribution < 1.29 is 4.79 Å². The predicted octanol–water partition coefficient (Wildman–Crippen LogP) is 3.14. The van der Waals surface area contributed by atoms with Crippen LogP contribution in [0.1, 0.15) is 21.8 Å². The molecule has 0 saturated carbocycles. The van der Waals surface area contributed by atoms with Crippen molar-refractivity contribution in [2.75, 3.05) is 13.1 Å². The third-order valence-corrected chi connectivity index (χ3v) is 4.72. The summed E-state index contributed by atoms with van der Waals surface area (Å²) in [4.78, 5) is 19.6. The molecule has 1 saturated heterocycles. The van der Waals surface area contributed by atoms with Crippen LogP contribution in [0.25, 0.3) is 10.6 Å². The maximum absolute atomic E-state index is 12.5. The van der Waals surface area contributed by atoms with Crippen LogP contribution in [0.15, 0.2) is 30.3 Å². The van der Waals surface area contributed by atoms with Crippen LogP contribution in [0.2, 0.25) is 0 Å². The second-order valence-corrected chi connectivity index (χ2v) is 6.10. The van der Waals surface area contributed by atoms with E-state index in [1.807, 2.05) is 42.2 Å². The average molecular weight is 360 g/mol. The molecule has 1 aliphatic rings. The van der Waals surface area contributed by atoms with E-state index in [0.717, 1.165) is 34.1 Å². The lowest BCUT2D eigenvalue weighted by Crippen LogP contribution is -2.31. The molecule has 0 radical (unpaired) electrons. The largest absolute Gasteiger partial charge is 0.336 e. The Labute approximate surface area is 146 Å². The van der Waals surface area contributed by atoms with Crippen LogP contribution in [-0.2, 0) is 0 Å².